The molecule has 0 fully saturated rings. The summed E-state index contributed by atoms with van der Waals surface area (Å²) >= 11 is 6.72. The van der Waals surface area contributed by atoms with Gasteiger partial charge in [0.15, 0.2) is 0 Å². The molecule has 5 rings (SSSR count). The van der Waals surface area contributed by atoms with Gasteiger partial charge in [0, 0.05) is 51.9 Å². The van der Waals surface area contributed by atoms with Crippen molar-refractivity contribution in [2.24, 2.45) is 0 Å². The Bertz CT molecular complexity index is 1790. The number of hydrogen-bond acceptors (Lipinski definition) is 6. The standard InChI is InChI=1S/C32H32ClFN6O/c1-5-40-30-23(18-37-32(39-30)38-24-7-9-25(29(34)17-24)19(2)10-12-35-4)15-27(31(40)41)26-8-6-21(16-28(26)33)22-11-13-36-20(3)14-22/h6-9,11,13-19,35H,5,10,12H2,1-4H3,(H,37,38,39). The Labute approximate surface area is 243 Å². The first-order chi connectivity index (χ1) is 19.8. The maximum atomic E-state index is 14.9. The number of nitrogens with zero attached hydrogens (tertiary/aromatic N) is 4. The second-order valence-electron chi connectivity index (χ2n) is 10.1. The van der Waals surface area contributed by atoms with E-state index in [1.165, 1.54) is 6.07 Å². The number of benzene rings is 2. The van der Waals surface area contributed by atoms with Crippen LogP contribution in [-0.2, 0) is 6.54 Å². The third kappa shape index (κ3) is 5.99. The van der Waals surface area contributed by atoms with E-state index in [0.29, 0.717) is 45.0 Å². The van der Waals surface area contributed by atoms with Crippen LogP contribution in [0.2, 0.25) is 5.02 Å². The lowest BCUT2D eigenvalue weighted by Gasteiger charge is -2.15. The fraction of sp³-hybridized carbons (Fsp3) is 0.250. The number of nitrogens with one attached hydrogen (secondary N) is 2. The second-order valence-corrected chi connectivity index (χ2v) is 10.5. The number of halogens is 2. The number of anilines is 2. The summed E-state index contributed by atoms with van der Waals surface area (Å²) < 4.78 is 16.5. The van der Waals surface area contributed by atoms with Crippen LogP contribution in [0.4, 0.5) is 16.0 Å². The molecule has 0 amide bonds. The third-order valence-electron chi connectivity index (χ3n) is 7.25. The molecule has 0 aliphatic rings. The average molecular weight is 571 g/mol. The van der Waals surface area contributed by atoms with Crippen LogP contribution >= 0.6 is 11.6 Å². The van der Waals surface area contributed by atoms with E-state index < -0.39 is 0 Å². The molecule has 1 unspecified atom stereocenters. The first kappa shape index (κ1) is 28.4. The summed E-state index contributed by atoms with van der Waals surface area (Å²) in [6.45, 7) is 7.05. The largest absolute Gasteiger partial charge is 0.324 e. The highest BCUT2D eigenvalue weighted by atomic mass is 35.5. The molecule has 0 spiro atoms. The minimum absolute atomic E-state index is 0.0890. The minimum atomic E-state index is -0.281. The Morgan fingerprint density at radius 1 is 1.02 bits per heavy atom. The third-order valence-corrected chi connectivity index (χ3v) is 7.56. The zero-order chi connectivity index (χ0) is 29.1. The van der Waals surface area contributed by atoms with Gasteiger partial charge < -0.3 is 10.6 Å². The molecule has 5 aromatic rings. The Morgan fingerprint density at radius 3 is 2.54 bits per heavy atom. The maximum Gasteiger partial charge on any atom is 0.260 e. The van der Waals surface area contributed by atoms with E-state index in [1.54, 1.807) is 29.1 Å². The summed E-state index contributed by atoms with van der Waals surface area (Å²) in [6, 6.07) is 16.4. The summed E-state index contributed by atoms with van der Waals surface area (Å²) in [4.78, 5) is 26.9. The highest BCUT2D eigenvalue weighted by molar-refractivity contribution is 6.33. The lowest BCUT2D eigenvalue weighted by molar-refractivity contribution is 0.566. The molecule has 3 heterocycles. The molecule has 2 aromatic carbocycles. The smallest absolute Gasteiger partial charge is 0.260 e. The van der Waals surface area contributed by atoms with Crippen molar-refractivity contribution in [3.05, 3.63) is 99.4 Å². The second kappa shape index (κ2) is 12.2. The van der Waals surface area contributed by atoms with Gasteiger partial charge in [-0.05, 0) is 92.9 Å². The van der Waals surface area contributed by atoms with E-state index in [9.17, 15) is 9.18 Å². The monoisotopic (exact) mass is 570 g/mol. The predicted octanol–water partition coefficient (Wildman–Crippen LogP) is 7.10. The van der Waals surface area contributed by atoms with Crippen molar-refractivity contribution in [2.45, 2.75) is 39.7 Å². The molecule has 0 saturated carbocycles. The highest BCUT2D eigenvalue weighted by Crippen LogP contribution is 2.32. The Balaban J connectivity index is 1.47. The lowest BCUT2D eigenvalue weighted by Crippen LogP contribution is -2.22. The topological polar surface area (TPSA) is 84.7 Å². The molecule has 0 radical (unpaired) electrons. The van der Waals surface area contributed by atoms with Gasteiger partial charge >= 0.3 is 0 Å². The number of aryl methyl sites for hydroxylation is 2. The summed E-state index contributed by atoms with van der Waals surface area (Å²) in [5.74, 6) is 0.0832. The molecular formula is C32H32ClFN6O. The van der Waals surface area contributed by atoms with Gasteiger partial charge in [-0.25, -0.2) is 9.37 Å². The van der Waals surface area contributed by atoms with Gasteiger partial charge in [-0.15, -0.1) is 0 Å². The predicted molar refractivity (Wildman–Crippen MR) is 165 cm³/mol. The van der Waals surface area contributed by atoms with Gasteiger partial charge in [0.05, 0.1) is 0 Å². The van der Waals surface area contributed by atoms with Crippen LogP contribution in [0, 0.1) is 12.7 Å². The van der Waals surface area contributed by atoms with Crippen molar-refractivity contribution in [3.63, 3.8) is 0 Å². The normalized spacial score (nSPS) is 12.0. The highest BCUT2D eigenvalue weighted by Gasteiger charge is 2.16. The van der Waals surface area contributed by atoms with Crippen molar-refractivity contribution >= 4 is 34.3 Å². The zero-order valence-electron chi connectivity index (χ0n) is 23.5. The van der Waals surface area contributed by atoms with Crippen molar-refractivity contribution in [1.82, 2.24) is 24.8 Å². The van der Waals surface area contributed by atoms with Gasteiger partial charge in [0.2, 0.25) is 5.95 Å². The first-order valence-electron chi connectivity index (χ1n) is 13.6. The van der Waals surface area contributed by atoms with Crippen molar-refractivity contribution in [3.8, 4) is 22.3 Å². The number of aromatic nitrogens is 4. The number of pyridine rings is 2. The van der Waals surface area contributed by atoms with E-state index >= 15 is 0 Å². The number of rotatable bonds is 9. The summed E-state index contributed by atoms with van der Waals surface area (Å²) in [6.07, 6.45) is 4.26. The summed E-state index contributed by atoms with van der Waals surface area (Å²) in [5.41, 5.74) is 5.44. The van der Waals surface area contributed by atoms with Crippen LogP contribution in [-0.4, -0.2) is 33.1 Å². The van der Waals surface area contributed by atoms with Crippen molar-refractivity contribution < 1.29 is 4.39 Å². The van der Waals surface area contributed by atoms with Gasteiger partial charge in [0.25, 0.3) is 5.56 Å². The molecule has 0 aliphatic heterocycles. The minimum Gasteiger partial charge on any atom is -0.324 e. The molecule has 1 atom stereocenters. The Kier molecular flexibility index (Phi) is 8.42. The van der Waals surface area contributed by atoms with Gasteiger partial charge in [-0.3, -0.25) is 14.3 Å². The van der Waals surface area contributed by atoms with E-state index in [1.807, 2.05) is 64.2 Å². The first-order valence-corrected chi connectivity index (χ1v) is 14.0. The van der Waals surface area contributed by atoms with Crippen LogP contribution in [0.25, 0.3) is 33.3 Å². The number of fused-ring (bicyclic) bond motifs is 1. The molecular weight excluding hydrogens is 539 g/mol. The molecule has 210 valence electrons. The fourth-order valence-electron chi connectivity index (χ4n) is 4.99. The average Bonchev–Trinajstić information content (AvgIpc) is 2.96. The van der Waals surface area contributed by atoms with Crippen molar-refractivity contribution in [2.75, 3.05) is 18.9 Å². The van der Waals surface area contributed by atoms with E-state index in [4.69, 9.17) is 11.6 Å². The molecule has 0 saturated heterocycles. The van der Waals surface area contributed by atoms with Gasteiger partial charge in [-0.1, -0.05) is 36.7 Å². The molecule has 3 aromatic heterocycles. The summed E-state index contributed by atoms with van der Waals surface area (Å²) in [5, 5.41) is 7.35. The van der Waals surface area contributed by atoms with Crippen molar-refractivity contribution in [1.29, 1.82) is 0 Å². The molecule has 0 bridgehead atoms. The van der Waals surface area contributed by atoms with Crippen LogP contribution in [0.3, 0.4) is 0 Å². The molecule has 0 aliphatic carbocycles. The van der Waals surface area contributed by atoms with Gasteiger partial charge in [-0.2, -0.15) is 4.98 Å². The summed E-state index contributed by atoms with van der Waals surface area (Å²) in [7, 11) is 1.88. The Morgan fingerprint density at radius 2 is 1.83 bits per heavy atom. The zero-order valence-corrected chi connectivity index (χ0v) is 24.3. The van der Waals surface area contributed by atoms with Gasteiger partial charge in [0.1, 0.15) is 11.5 Å². The molecule has 7 nitrogen and oxygen atoms in total. The van der Waals surface area contributed by atoms with E-state index in [-0.39, 0.29) is 23.2 Å². The lowest BCUT2D eigenvalue weighted by atomic mass is 9.97. The van der Waals surface area contributed by atoms with Crippen LogP contribution in [0.15, 0.2) is 71.8 Å². The van der Waals surface area contributed by atoms with Crippen LogP contribution < -0.4 is 16.2 Å². The fourth-order valence-corrected chi connectivity index (χ4v) is 5.28. The SMILES string of the molecule is CCn1c(=O)c(-c2ccc(-c3ccnc(C)c3)cc2Cl)cc2cnc(Nc3ccc(C(C)CCNC)c(F)c3)nc21. The maximum absolute atomic E-state index is 14.9. The van der Waals surface area contributed by atoms with E-state index in [0.717, 1.165) is 29.8 Å². The molecule has 9 heteroatoms. The van der Waals surface area contributed by atoms with E-state index in [2.05, 4.69) is 25.6 Å². The quantitative estimate of drug-likeness (QED) is 0.197. The Hall–Kier alpha value is -4.14. The molecule has 41 heavy (non-hydrogen) atoms. The number of hydrogen-bond donors (Lipinski definition) is 2. The molecule has 2 N–H and O–H groups in total. The van der Waals surface area contributed by atoms with Crippen LogP contribution in [0.5, 0.6) is 0 Å². The van der Waals surface area contributed by atoms with Crippen LogP contribution in [0.1, 0.15) is 37.4 Å².